The molecule has 1 atom stereocenters. The Hall–Kier alpha value is -1.13. The van der Waals surface area contributed by atoms with E-state index in [1.165, 1.54) is 12.0 Å². The molecule has 118 valence electrons. The molecule has 0 aliphatic heterocycles. The van der Waals surface area contributed by atoms with Gasteiger partial charge in [0.2, 0.25) is 0 Å². The molecule has 1 aromatic heterocycles. The minimum absolute atomic E-state index is 0.0486. The van der Waals surface area contributed by atoms with E-state index in [4.69, 9.17) is 9.47 Å². The van der Waals surface area contributed by atoms with Gasteiger partial charge in [-0.1, -0.05) is 6.92 Å². The SMILES string of the molecule is CCCNC(CC1(OC)CCC1)c1cncc(OCC)c1. The number of methoxy groups -OCH3 is 1. The third-order valence-corrected chi connectivity index (χ3v) is 4.36. The Morgan fingerprint density at radius 2 is 2.14 bits per heavy atom. The second kappa shape index (κ2) is 7.76. The molecule has 1 aromatic rings. The second-order valence-corrected chi connectivity index (χ2v) is 5.84. The van der Waals surface area contributed by atoms with Crippen LogP contribution in [0, 0.1) is 0 Å². The van der Waals surface area contributed by atoms with Gasteiger partial charge in [-0.25, -0.2) is 0 Å². The number of hydrogen-bond donors (Lipinski definition) is 1. The zero-order valence-corrected chi connectivity index (χ0v) is 13.5. The fourth-order valence-corrected chi connectivity index (χ4v) is 2.93. The maximum Gasteiger partial charge on any atom is 0.137 e. The summed E-state index contributed by atoms with van der Waals surface area (Å²) >= 11 is 0. The lowest BCUT2D eigenvalue weighted by molar-refractivity contribution is -0.0838. The number of aromatic nitrogens is 1. The monoisotopic (exact) mass is 292 g/mol. The summed E-state index contributed by atoms with van der Waals surface area (Å²) in [6.45, 7) is 5.85. The lowest BCUT2D eigenvalue weighted by Crippen LogP contribution is -2.43. The first-order chi connectivity index (χ1) is 10.2. The molecule has 1 aliphatic rings. The van der Waals surface area contributed by atoms with E-state index in [0.717, 1.165) is 38.0 Å². The molecular weight excluding hydrogens is 264 g/mol. The van der Waals surface area contributed by atoms with Gasteiger partial charge in [-0.2, -0.15) is 0 Å². The first-order valence-corrected chi connectivity index (χ1v) is 8.09. The summed E-state index contributed by atoms with van der Waals surface area (Å²) in [7, 11) is 1.84. The summed E-state index contributed by atoms with van der Waals surface area (Å²) in [5.41, 5.74) is 1.24. The average molecular weight is 292 g/mol. The van der Waals surface area contributed by atoms with Crippen molar-refractivity contribution in [3.63, 3.8) is 0 Å². The van der Waals surface area contributed by atoms with E-state index in [1.54, 1.807) is 6.20 Å². The highest BCUT2D eigenvalue weighted by Gasteiger charge is 2.39. The van der Waals surface area contributed by atoms with Gasteiger partial charge in [0, 0.05) is 19.3 Å². The van der Waals surface area contributed by atoms with Gasteiger partial charge < -0.3 is 14.8 Å². The topological polar surface area (TPSA) is 43.4 Å². The fraction of sp³-hybridized carbons (Fsp3) is 0.706. The van der Waals surface area contributed by atoms with Crippen molar-refractivity contribution in [3.05, 3.63) is 24.0 Å². The number of hydrogen-bond acceptors (Lipinski definition) is 4. The summed E-state index contributed by atoms with van der Waals surface area (Å²) in [5, 5.41) is 3.64. The Bertz CT molecular complexity index is 427. The molecule has 0 radical (unpaired) electrons. The molecule has 1 heterocycles. The predicted molar refractivity (Wildman–Crippen MR) is 84.6 cm³/mol. The van der Waals surface area contributed by atoms with E-state index in [-0.39, 0.29) is 11.6 Å². The lowest BCUT2D eigenvalue weighted by Gasteiger charge is -2.43. The molecule has 0 aromatic carbocycles. The Labute approximate surface area is 128 Å². The first kappa shape index (κ1) is 16.2. The second-order valence-electron chi connectivity index (χ2n) is 5.84. The van der Waals surface area contributed by atoms with Crippen molar-refractivity contribution in [2.24, 2.45) is 0 Å². The highest BCUT2D eigenvalue weighted by atomic mass is 16.5. The number of ether oxygens (including phenoxy) is 2. The summed E-state index contributed by atoms with van der Waals surface area (Å²) in [5.74, 6) is 0.846. The zero-order chi connectivity index (χ0) is 15.1. The van der Waals surface area contributed by atoms with Crippen LogP contribution in [-0.4, -0.2) is 30.8 Å². The molecule has 1 N–H and O–H groups in total. The summed E-state index contributed by atoms with van der Waals surface area (Å²) < 4.78 is 11.4. The van der Waals surface area contributed by atoms with E-state index >= 15 is 0 Å². The normalized spacial score (nSPS) is 18.0. The fourth-order valence-electron chi connectivity index (χ4n) is 2.93. The van der Waals surface area contributed by atoms with Crippen LogP contribution in [0.5, 0.6) is 5.75 Å². The predicted octanol–water partition coefficient (Wildman–Crippen LogP) is 3.48. The summed E-state index contributed by atoms with van der Waals surface area (Å²) in [6.07, 6.45) is 9.43. The molecule has 0 bridgehead atoms. The maximum atomic E-state index is 5.79. The van der Waals surface area contributed by atoms with Crippen molar-refractivity contribution in [1.82, 2.24) is 10.3 Å². The van der Waals surface area contributed by atoms with Gasteiger partial charge in [-0.3, -0.25) is 4.98 Å². The third-order valence-electron chi connectivity index (χ3n) is 4.36. The van der Waals surface area contributed by atoms with Crippen molar-refractivity contribution in [3.8, 4) is 5.75 Å². The van der Waals surface area contributed by atoms with Gasteiger partial charge in [-0.15, -0.1) is 0 Å². The van der Waals surface area contributed by atoms with Gasteiger partial charge in [0.1, 0.15) is 5.75 Å². The number of nitrogens with zero attached hydrogens (tertiary/aromatic N) is 1. The number of pyridine rings is 1. The minimum atomic E-state index is 0.0486. The molecule has 1 fully saturated rings. The van der Waals surface area contributed by atoms with Gasteiger partial charge in [0.05, 0.1) is 18.4 Å². The lowest BCUT2D eigenvalue weighted by atomic mass is 9.75. The minimum Gasteiger partial charge on any atom is -0.492 e. The van der Waals surface area contributed by atoms with Gasteiger partial charge in [-0.05, 0) is 57.2 Å². The first-order valence-electron chi connectivity index (χ1n) is 8.09. The Balaban J connectivity index is 2.12. The summed E-state index contributed by atoms with van der Waals surface area (Å²) in [6, 6.07) is 2.38. The van der Waals surface area contributed by atoms with E-state index < -0.39 is 0 Å². The maximum absolute atomic E-state index is 5.79. The van der Waals surface area contributed by atoms with Crippen LogP contribution < -0.4 is 10.1 Å². The zero-order valence-electron chi connectivity index (χ0n) is 13.5. The van der Waals surface area contributed by atoms with Gasteiger partial charge >= 0.3 is 0 Å². The van der Waals surface area contributed by atoms with E-state index in [9.17, 15) is 0 Å². The van der Waals surface area contributed by atoms with Crippen molar-refractivity contribution in [2.45, 2.75) is 57.6 Å². The molecule has 4 nitrogen and oxygen atoms in total. The van der Waals surface area contributed by atoms with Gasteiger partial charge in [0.25, 0.3) is 0 Å². The molecule has 4 heteroatoms. The standard InChI is InChI=1S/C17H28N2O2/c1-4-9-19-16(11-17(20-3)7-6-8-17)14-10-15(21-5-2)13-18-12-14/h10,12-13,16,19H,4-9,11H2,1-3H3. The van der Waals surface area contributed by atoms with Crippen molar-refractivity contribution in [1.29, 1.82) is 0 Å². The largest absolute Gasteiger partial charge is 0.492 e. The number of nitrogens with one attached hydrogen (secondary N) is 1. The molecule has 1 saturated carbocycles. The molecule has 0 spiro atoms. The Morgan fingerprint density at radius 3 is 2.71 bits per heavy atom. The Morgan fingerprint density at radius 1 is 1.33 bits per heavy atom. The highest BCUT2D eigenvalue weighted by Crippen LogP contribution is 2.42. The molecule has 0 saturated heterocycles. The molecule has 21 heavy (non-hydrogen) atoms. The van der Waals surface area contributed by atoms with Crippen molar-refractivity contribution >= 4 is 0 Å². The van der Waals surface area contributed by atoms with Crippen molar-refractivity contribution < 1.29 is 9.47 Å². The van der Waals surface area contributed by atoms with Crippen LogP contribution in [0.15, 0.2) is 18.5 Å². The van der Waals surface area contributed by atoms with Crippen LogP contribution >= 0.6 is 0 Å². The van der Waals surface area contributed by atoms with Crippen LogP contribution in [-0.2, 0) is 4.74 Å². The number of rotatable bonds is 9. The third kappa shape index (κ3) is 4.17. The van der Waals surface area contributed by atoms with Crippen LogP contribution in [0.1, 0.15) is 57.6 Å². The van der Waals surface area contributed by atoms with Crippen LogP contribution in [0.25, 0.3) is 0 Å². The quantitative estimate of drug-likeness (QED) is 0.756. The van der Waals surface area contributed by atoms with Crippen LogP contribution in [0.3, 0.4) is 0 Å². The van der Waals surface area contributed by atoms with E-state index in [1.807, 2.05) is 20.2 Å². The van der Waals surface area contributed by atoms with Gasteiger partial charge in [0.15, 0.2) is 0 Å². The molecule has 0 amide bonds. The summed E-state index contributed by atoms with van der Waals surface area (Å²) in [4.78, 5) is 4.33. The van der Waals surface area contributed by atoms with Crippen LogP contribution in [0.2, 0.25) is 0 Å². The highest BCUT2D eigenvalue weighted by molar-refractivity contribution is 5.26. The van der Waals surface area contributed by atoms with E-state index in [2.05, 4.69) is 23.3 Å². The van der Waals surface area contributed by atoms with Crippen molar-refractivity contribution in [2.75, 3.05) is 20.3 Å². The molecule has 1 unspecified atom stereocenters. The van der Waals surface area contributed by atoms with E-state index in [0.29, 0.717) is 6.61 Å². The molecule has 1 aliphatic carbocycles. The van der Waals surface area contributed by atoms with Crippen LogP contribution in [0.4, 0.5) is 0 Å². The Kier molecular flexibility index (Phi) is 6.00. The smallest absolute Gasteiger partial charge is 0.137 e. The molecular formula is C17H28N2O2. The average Bonchev–Trinajstić information content (AvgIpc) is 2.47. The molecule has 2 rings (SSSR count).